The number of esters is 1. The number of hydrogen-bond acceptors (Lipinski definition) is 24. The van der Waals surface area contributed by atoms with Gasteiger partial charge in [-0.05, 0) is 103 Å². The number of aliphatic hydroxyl groups excluding tert-OH is 14. The summed E-state index contributed by atoms with van der Waals surface area (Å²) in [7, 11) is 0. The molecule has 4 aliphatic heterocycles. The first-order chi connectivity index (χ1) is 36.9. The van der Waals surface area contributed by atoms with Gasteiger partial charge in [-0.2, -0.15) is 0 Å². The summed E-state index contributed by atoms with van der Waals surface area (Å²) >= 11 is 0. The summed E-state index contributed by atoms with van der Waals surface area (Å²) in [5.41, 5.74) is -2.69. The predicted octanol–water partition coefficient (Wildman–Crippen LogP) is -2.97. The number of hydrogen-bond donors (Lipinski definition) is 15. The summed E-state index contributed by atoms with van der Waals surface area (Å²) in [5, 5.41) is 161. The van der Waals surface area contributed by atoms with Crippen LogP contribution in [0.3, 0.4) is 0 Å². The van der Waals surface area contributed by atoms with Crippen LogP contribution in [0.1, 0.15) is 106 Å². The molecule has 4 saturated carbocycles. The van der Waals surface area contributed by atoms with E-state index in [9.17, 15) is 86.2 Å². The smallest absolute Gasteiger partial charge is 0.335 e. The highest BCUT2D eigenvalue weighted by atomic mass is 16.8. The maximum atomic E-state index is 14.8. The van der Waals surface area contributed by atoms with Crippen LogP contribution in [0.2, 0.25) is 0 Å². The van der Waals surface area contributed by atoms with E-state index in [1.807, 2.05) is 27.7 Å². The van der Waals surface area contributed by atoms with Gasteiger partial charge in [0, 0.05) is 0 Å². The first-order valence-corrected chi connectivity index (χ1v) is 27.9. The number of aliphatic carboxylic acids is 1. The number of allylic oxidation sites excluding steroid dienone is 2. The van der Waals surface area contributed by atoms with Gasteiger partial charge in [-0.1, -0.05) is 60.1 Å². The van der Waals surface area contributed by atoms with Crippen molar-refractivity contribution in [2.24, 2.45) is 50.2 Å². The fraction of sp³-hybridized carbons (Fsp3) is 0.926. The van der Waals surface area contributed by atoms with Crippen molar-refractivity contribution in [1.29, 1.82) is 0 Å². The maximum absolute atomic E-state index is 14.8. The average molecular weight is 1140 g/mol. The molecular weight excluding hydrogens is 1050 g/mol. The quantitative estimate of drug-likeness (QED) is 0.0527. The molecule has 0 aromatic heterocycles. The molecule has 25 nitrogen and oxygen atoms in total. The van der Waals surface area contributed by atoms with Crippen molar-refractivity contribution in [2.75, 3.05) is 19.8 Å². The molecule has 0 amide bonds. The van der Waals surface area contributed by atoms with E-state index < -0.39 is 194 Å². The number of carboxylic acid groups (broad SMARTS) is 1. The highest BCUT2D eigenvalue weighted by Gasteiger charge is 2.71. The number of carbonyl (C=O) groups is 2. The Balaban J connectivity index is 1.01. The van der Waals surface area contributed by atoms with E-state index >= 15 is 0 Å². The molecule has 79 heavy (non-hydrogen) atoms. The minimum Gasteiger partial charge on any atom is -0.479 e. The highest BCUT2D eigenvalue weighted by molar-refractivity contribution is 5.79. The third kappa shape index (κ3) is 9.85. The first-order valence-electron chi connectivity index (χ1n) is 27.9. The van der Waals surface area contributed by atoms with Gasteiger partial charge in [0.15, 0.2) is 25.0 Å². The molecule has 29 atom stereocenters. The number of aliphatic hydroxyl groups is 14. The summed E-state index contributed by atoms with van der Waals surface area (Å²) < 4.78 is 48.1. The van der Waals surface area contributed by atoms with E-state index in [1.54, 1.807) is 0 Å². The summed E-state index contributed by atoms with van der Waals surface area (Å²) in [6, 6.07) is 0. The minimum absolute atomic E-state index is 0.0641. The average Bonchev–Trinajstić information content (AvgIpc) is 3.58. The number of carboxylic acids is 1. The zero-order valence-electron chi connectivity index (χ0n) is 45.8. The van der Waals surface area contributed by atoms with E-state index in [1.165, 1.54) is 0 Å². The Labute approximate surface area is 457 Å². The maximum Gasteiger partial charge on any atom is 0.335 e. The molecule has 8 fully saturated rings. The van der Waals surface area contributed by atoms with Gasteiger partial charge in [0.25, 0.3) is 0 Å². The second-order valence-corrected chi connectivity index (χ2v) is 26.4. The fourth-order valence-corrected chi connectivity index (χ4v) is 16.5. The Hall–Kier alpha value is -2.16. The van der Waals surface area contributed by atoms with Crippen molar-refractivity contribution in [3.63, 3.8) is 0 Å². The molecule has 0 radical (unpaired) electrons. The second kappa shape index (κ2) is 22.0. The summed E-state index contributed by atoms with van der Waals surface area (Å²) in [6.07, 6.45) is -31.5. The summed E-state index contributed by atoms with van der Waals surface area (Å²) in [6.45, 7) is 12.5. The zero-order valence-corrected chi connectivity index (χ0v) is 45.8. The van der Waals surface area contributed by atoms with Crippen LogP contribution >= 0.6 is 0 Å². The lowest BCUT2D eigenvalue weighted by atomic mass is 9.33. The van der Waals surface area contributed by atoms with Crippen molar-refractivity contribution in [3.8, 4) is 0 Å². The minimum atomic E-state index is -2.17. The number of ether oxygens (including phenoxy) is 8. The van der Waals surface area contributed by atoms with Crippen molar-refractivity contribution < 1.29 is 124 Å². The van der Waals surface area contributed by atoms with Crippen LogP contribution in [0, 0.1) is 50.2 Å². The molecule has 0 spiro atoms. The molecule has 0 aromatic carbocycles. The molecule has 4 saturated heterocycles. The monoisotopic (exact) mass is 1130 g/mol. The predicted molar refractivity (Wildman–Crippen MR) is 265 cm³/mol. The van der Waals surface area contributed by atoms with Crippen LogP contribution in [-0.2, 0) is 47.5 Å². The van der Waals surface area contributed by atoms with E-state index in [0.717, 1.165) is 12.0 Å². The van der Waals surface area contributed by atoms with Gasteiger partial charge >= 0.3 is 11.9 Å². The standard InChI is InChI=1S/C54H86O25/c1-49(2)16-22-21-8-9-27-51(5)12-11-29(50(3,4)26(51)10-13-53(27,7)52(21,6)14-15-54(22,17-28(49)58)48(71)79-46-38(67)35(64)32(61)25(20-57)74-46)75-47-42(78-45-37(66)34(63)31(60)24(19-56)73-45)40(39(68)41(77-47)43(69)70)76-44-36(65)33(62)30(59)23(18-55)72-44/h8,22-42,44-47,55-68H,9-20H2,1-7H3,(H,69,70)/t22-,23+,24+,25+,26?,27+,28-,29-,30-,31+,32+,33-,34-,35-,36+,37+,38+,39-,40-,41-,42+,44-,45-,46-,47+,51-,52+,53+,54+/m0/s1. The topological polar surface area (TPSA) is 411 Å². The number of fused-ring (bicyclic) bond motifs is 7. The Bertz CT molecular complexity index is 2230. The summed E-state index contributed by atoms with van der Waals surface area (Å²) in [4.78, 5) is 27.7. The molecule has 9 rings (SSSR count). The lowest BCUT2D eigenvalue weighted by Gasteiger charge is -2.71. The fourth-order valence-electron chi connectivity index (χ4n) is 16.5. The first kappa shape index (κ1) is 61.4. The van der Waals surface area contributed by atoms with E-state index in [-0.39, 0.29) is 29.1 Å². The van der Waals surface area contributed by atoms with Gasteiger partial charge in [0.1, 0.15) is 91.6 Å². The van der Waals surface area contributed by atoms with Crippen LogP contribution in [0.15, 0.2) is 11.6 Å². The van der Waals surface area contributed by atoms with Crippen LogP contribution in [0.4, 0.5) is 0 Å². The molecule has 9 aliphatic rings. The van der Waals surface area contributed by atoms with Gasteiger partial charge in [0.05, 0.1) is 37.4 Å². The van der Waals surface area contributed by atoms with Gasteiger partial charge in [-0.25, -0.2) is 4.79 Å². The Kier molecular flexibility index (Phi) is 17.1. The highest BCUT2D eigenvalue weighted by Crippen LogP contribution is 2.76. The largest absolute Gasteiger partial charge is 0.479 e. The molecule has 25 heteroatoms. The lowest BCUT2D eigenvalue weighted by molar-refractivity contribution is -0.396. The van der Waals surface area contributed by atoms with Gasteiger partial charge in [-0.3, -0.25) is 4.79 Å². The van der Waals surface area contributed by atoms with Crippen molar-refractivity contribution in [3.05, 3.63) is 11.6 Å². The molecule has 4 heterocycles. The zero-order chi connectivity index (χ0) is 58.0. The molecule has 5 aliphatic carbocycles. The number of rotatable bonds is 12. The normalized spacial score (nSPS) is 53.3. The van der Waals surface area contributed by atoms with E-state index in [2.05, 4.69) is 26.8 Å². The van der Waals surface area contributed by atoms with Crippen molar-refractivity contribution >= 4 is 11.9 Å². The van der Waals surface area contributed by atoms with Gasteiger partial charge in [-0.15, -0.1) is 0 Å². The SMILES string of the molecule is CC1(C)C[C@H]2C3=CC[C@@H]4[C@@]5(C)CC[C@H](O[C@@H]6O[C@H](C(=O)O)[C@@H](O)[C@H](O[C@@H]7O[C@H](CO)[C@H](O)[C@H](O)[C@H]7O)[C@H]6O[C@@H]6O[C@H](CO)[C@@H](O)[C@H](O)[C@H]6O)C(C)(C)C5CC[C@@]4(C)[C@]3(C)CC[C@@]2(C(=O)O[C@@H]2O[C@H](CO)[C@@H](O)[C@H](O)[C@H]2O)C[C@@H]1O. The van der Waals surface area contributed by atoms with Crippen LogP contribution in [0.5, 0.6) is 0 Å². The third-order valence-corrected chi connectivity index (χ3v) is 21.6. The Morgan fingerprint density at radius 2 is 1.08 bits per heavy atom. The van der Waals surface area contributed by atoms with Gasteiger partial charge < -0.3 is 114 Å². The van der Waals surface area contributed by atoms with E-state index in [4.69, 9.17) is 37.9 Å². The Morgan fingerprint density at radius 3 is 1.61 bits per heavy atom. The molecule has 452 valence electrons. The molecule has 1 unspecified atom stereocenters. The third-order valence-electron chi connectivity index (χ3n) is 21.6. The van der Waals surface area contributed by atoms with Gasteiger partial charge in [0.2, 0.25) is 6.29 Å². The molecule has 0 aromatic rings. The molecule has 0 bridgehead atoms. The Morgan fingerprint density at radius 1 is 0.557 bits per heavy atom. The lowest BCUT2D eigenvalue weighted by Crippen LogP contribution is -2.69. The molecular formula is C54H86O25. The second-order valence-electron chi connectivity index (χ2n) is 26.4. The van der Waals surface area contributed by atoms with Crippen LogP contribution in [-0.4, -0.2) is 243 Å². The van der Waals surface area contributed by atoms with Crippen LogP contribution in [0.25, 0.3) is 0 Å². The van der Waals surface area contributed by atoms with Crippen molar-refractivity contribution in [2.45, 2.75) is 241 Å². The summed E-state index contributed by atoms with van der Waals surface area (Å²) in [5.74, 6) is -2.78. The van der Waals surface area contributed by atoms with Crippen LogP contribution < -0.4 is 0 Å². The number of carbonyl (C=O) groups excluding carboxylic acids is 1. The van der Waals surface area contributed by atoms with E-state index in [0.29, 0.717) is 44.9 Å². The van der Waals surface area contributed by atoms with Crippen molar-refractivity contribution in [1.82, 2.24) is 0 Å². The molecule has 15 N–H and O–H groups in total.